The number of phenols is 3. The molecule has 1 aromatic heterocycles. The maximum absolute atomic E-state index is 13.3. The number of phenolic OH excluding ortho intramolecular Hbond substituents is 3. The van der Waals surface area contributed by atoms with E-state index in [0.717, 1.165) is 23.4 Å². The Morgan fingerprint density at radius 1 is 0.860 bits per heavy atom. The number of aromatic hydroxyl groups is 4. The fourth-order valence-electron chi connectivity index (χ4n) is 5.23. The van der Waals surface area contributed by atoms with E-state index in [4.69, 9.17) is 18.6 Å². The lowest BCUT2D eigenvalue weighted by Gasteiger charge is -2.26. The highest BCUT2D eigenvalue weighted by molar-refractivity contribution is 5.94. The van der Waals surface area contributed by atoms with Crippen molar-refractivity contribution in [2.75, 3.05) is 13.7 Å². The van der Waals surface area contributed by atoms with E-state index in [1.165, 1.54) is 12.1 Å². The molecule has 0 bridgehead atoms. The van der Waals surface area contributed by atoms with Crippen LogP contribution in [0.25, 0.3) is 22.3 Å². The number of esters is 1. The van der Waals surface area contributed by atoms with E-state index in [2.05, 4.69) is 0 Å². The van der Waals surface area contributed by atoms with Gasteiger partial charge in [0, 0.05) is 29.5 Å². The third-order valence-corrected chi connectivity index (χ3v) is 7.38. The van der Waals surface area contributed by atoms with Gasteiger partial charge in [-0.1, -0.05) is 24.3 Å². The number of methoxy groups -OCH3 is 1. The maximum atomic E-state index is 13.3. The van der Waals surface area contributed by atoms with Crippen molar-refractivity contribution in [3.05, 3.63) is 99.7 Å². The van der Waals surface area contributed by atoms with Crippen LogP contribution in [0.4, 0.5) is 0 Å². The van der Waals surface area contributed by atoms with Gasteiger partial charge in [0.25, 0.3) is 0 Å². The monoisotopic (exact) mass is 582 g/mol. The van der Waals surface area contributed by atoms with Crippen LogP contribution in [0.1, 0.15) is 29.0 Å². The van der Waals surface area contributed by atoms with Crippen molar-refractivity contribution in [3.8, 4) is 51.6 Å². The normalized spacial score (nSPS) is 14.3. The molecule has 10 nitrogen and oxygen atoms in total. The van der Waals surface area contributed by atoms with E-state index in [0.29, 0.717) is 29.9 Å². The molecule has 1 atom stereocenters. The van der Waals surface area contributed by atoms with E-state index in [-0.39, 0.29) is 34.5 Å². The second-order valence-corrected chi connectivity index (χ2v) is 10.1. The Bertz CT molecular complexity index is 1920. The summed E-state index contributed by atoms with van der Waals surface area (Å²) in [5.74, 6) is -2.40. The highest BCUT2D eigenvalue weighted by Gasteiger charge is 2.34. The van der Waals surface area contributed by atoms with Crippen molar-refractivity contribution in [2.24, 2.45) is 0 Å². The molecular weight excluding hydrogens is 556 g/mol. The van der Waals surface area contributed by atoms with Gasteiger partial charge in [0.05, 0.1) is 20.1 Å². The van der Waals surface area contributed by atoms with E-state index in [1.807, 2.05) is 24.3 Å². The minimum absolute atomic E-state index is 0.00502. The number of hydrogen-bond acceptors (Lipinski definition) is 10. The van der Waals surface area contributed by atoms with Gasteiger partial charge in [-0.3, -0.25) is 9.59 Å². The van der Waals surface area contributed by atoms with E-state index in [1.54, 1.807) is 31.4 Å². The molecule has 4 N–H and O–H groups in total. The number of carbonyl (C=O) groups is 1. The molecule has 5 aromatic rings. The Morgan fingerprint density at radius 3 is 2.40 bits per heavy atom. The molecule has 10 heteroatoms. The summed E-state index contributed by atoms with van der Waals surface area (Å²) in [5, 5.41) is 40.9. The maximum Gasteiger partial charge on any atom is 0.312 e. The summed E-state index contributed by atoms with van der Waals surface area (Å²) in [6.07, 6.45) is 0.559. The zero-order valence-electron chi connectivity index (χ0n) is 22.9. The number of benzene rings is 4. The van der Waals surface area contributed by atoms with Gasteiger partial charge in [0.15, 0.2) is 17.3 Å². The average molecular weight is 583 g/mol. The zero-order chi connectivity index (χ0) is 30.2. The Hall–Kier alpha value is -5.64. The van der Waals surface area contributed by atoms with Crippen molar-refractivity contribution >= 4 is 16.9 Å². The van der Waals surface area contributed by atoms with Gasteiger partial charge in [-0.25, -0.2) is 0 Å². The van der Waals surface area contributed by atoms with Crippen molar-refractivity contribution in [2.45, 2.75) is 18.8 Å². The van der Waals surface area contributed by atoms with E-state index in [9.17, 15) is 30.0 Å². The minimum Gasteiger partial charge on any atom is -0.507 e. The van der Waals surface area contributed by atoms with Gasteiger partial charge in [-0.2, -0.15) is 0 Å². The smallest absolute Gasteiger partial charge is 0.312 e. The van der Waals surface area contributed by atoms with Gasteiger partial charge in [-0.05, 0) is 53.6 Å². The van der Waals surface area contributed by atoms with Crippen LogP contribution < -0.4 is 19.6 Å². The molecule has 0 unspecified atom stereocenters. The first-order chi connectivity index (χ1) is 20.7. The molecule has 0 spiro atoms. The predicted octanol–water partition coefficient (Wildman–Crippen LogP) is 5.35. The van der Waals surface area contributed by atoms with Crippen molar-refractivity contribution in [1.29, 1.82) is 0 Å². The molecule has 6 rings (SSSR count). The Labute approximate surface area is 244 Å². The number of rotatable bonds is 7. The molecule has 0 saturated carbocycles. The first kappa shape index (κ1) is 27.5. The van der Waals surface area contributed by atoms with Gasteiger partial charge >= 0.3 is 5.97 Å². The topological polar surface area (TPSA) is 156 Å². The van der Waals surface area contributed by atoms with Crippen LogP contribution in [0.5, 0.6) is 40.2 Å². The summed E-state index contributed by atoms with van der Waals surface area (Å²) in [6, 6.07) is 19.7. The Kier molecular flexibility index (Phi) is 7.03. The van der Waals surface area contributed by atoms with Crippen LogP contribution in [0, 0.1) is 0 Å². The number of hydrogen-bond donors (Lipinski definition) is 4. The number of carbonyl (C=O) groups excluding carboxylic acids is 1. The van der Waals surface area contributed by atoms with Crippen LogP contribution in [-0.4, -0.2) is 40.1 Å². The molecule has 0 fully saturated rings. The third-order valence-electron chi connectivity index (χ3n) is 7.38. The summed E-state index contributed by atoms with van der Waals surface area (Å²) in [6.45, 7) is 0.396. The summed E-state index contributed by atoms with van der Waals surface area (Å²) >= 11 is 0. The minimum atomic E-state index is -0.921. The second-order valence-electron chi connectivity index (χ2n) is 10.1. The van der Waals surface area contributed by atoms with Crippen LogP contribution in [0.15, 0.2) is 82.0 Å². The molecule has 0 amide bonds. The molecular formula is C33H26O10. The molecule has 1 aliphatic rings. The lowest BCUT2D eigenvalue weighted by Crippen LogP contribution is -2.22. The average Bonchev–Trinajstić information content (AvgIpc) is 3.00. The molecule has 0 aliphatic carbocycles. The third kappa shape index (κ3) is 5.14. The summed E-state index contributed by atoms with van der Waals surface area (Å²) in [5.41, 5.74) is 1.15. The number of fused-ring (bicyclic) bond motifs is 3. The largest absolute Gasteiger partial charge is 0.507 e. The fraction of sp³-hybridized carbons (Fsp3) is 0.152. The number of ether oxygens (including phenoxy) is 3. The fourth-order valence-corrected chi connectivity index (χ4v) is 5.23. The molecule has 0 saturated heterocycles. The Balaban J connectivity index is 1.40. The molecule has 218 valence electrons. The van der Waals surface area contributed by atoms with E-state index >= 15 is 0 Å². The summed E-state index contributed by atoms with van der Waals surface area (Å²) in [7, 11) is 1.61. The lowest BCUT2D eigenvalue weighted by atomic mass is 9.85. The first-order valence-corrected chi connectivity index (χ1v) is 13.4. The highest BCUT2D eigenvalue weighted by Crippen LogP contribution is 2.47. The summed E-state index contributed by atoms with van der Waals surface area (Å²) in [4.78, 5) is 26.0. The van der Waals surface area contributed by atoms with Crippen LogP contribution in [0.3, 0.4) is 0 Å². The quantitative estimate of drug-likeness (QED) is 0.112. The highest BCUT2D eigenvalue weighted by atomic mass is 16.5. The van der Waals surface area contributed by atoms with Crippen LogP contribution >= 0.6 is 0 Å². The molecule has 0 radical (unpaired) electrons. The van der Waals surface area contributed by atoms with E-state index < -0.39 is 40.3 Å². The van der Waals surface area contributed by atoms with Crippen molar-refractivity contribution in [3.63, 3.8) is 0 Å². The van der Waals surface area contributed by atoms with Gasteiger partial charge < -0.3 is 39.1 Å². The van der Waals surface area contributed by atoms with Crippen LogP contribution in [-0.2, 0) is 11.2 Å². The zero-order valence-corrected chi connectivity index (χ0v) is 22.9. The van der Waals surface area contributed by atoms with Crippen molar-refractivity contribution in [1.82, 2.24) is 0 Å². The van der Waals surface area contributed by atoms with Crippen LogP contribution in [0.2, 0.25) is 0 Å². The molecule has 43 heavy (non-hydrogen) atoms. The Morgan fingerprint density at radius 2 is 1.65 bits per heavy atom. The van der Waals surface area contributed by atoms with Gasteiger partial charge in [0.2, 0.25) is 11.2 Å². The molecule has 1 aliphatic heterocycles. The van der Waals surface area contributed by atoms with Gasteiger partial charge in [0.1, 0.15) is 34.0 Å². The second kappa shape index (κ2) is 11.0. The molecule has 2 heterocycles. The predicted molar refractivity (Wildman–Crippen MR) is 155 cm³/mol. The molecule has 4 aromatic carbocycles. The summed E-state index contributed by atoms with van der Waals surface area (Å²) < 4.78 is 22.7. The standard InChI is InChI=1S/C33H26O10/c1-40-20-8-5-17(6-9-20)11-12-41-21-4-2-3-18(13-21)22-15-27(37)42-26-16-25(36)29-30(38)31(39)32(43-33(29)28(22)26)19-7-10-23(34)24(35)14-19/h2-10,13-14,16,22,34-36,39H,11-12,15H2,1H3/t22-/m0/s1. The van der Waals surface area contributed by atoms with Gasteiger partial charge in [-0.15, -0.1) is 0 Å². The lowest BCUT2D eigenvalue weighted by molar-refractivity contribution is -0.135. The van der Waals surface area contributed by atoms with Crippen molar-refractivity contribution < 1.29 is 43.8 Å². The SMILES string of the molecule is COc1ccc(CCOc2cccc([C@@H]3CC(=O)Oc4cc(O)c5c(=O)c(O)c(-c6ccc(O)c(O)c6)oc5c43)c2)cc1. The first-order valence-electron chi connectivity index (χ1n) is 13.4.